The van der Waals surface area contributed by atoms with Gasteiger partial charge in [-0.25, -0.2) is 4.79 Å². The van der Waals surface area contributed by atoms with Crippen molar-refractivity contribution < 1.29 is 23.4 Å². The molecule has 3 N–H and O–H groups in total. The number of carbonyl (C=O) groups is 1. The average molecular weight is 342 g/mol. The number of hydrogen-bond acceptors (Lipinski definition) is 3. The molecule has 0 bridgehead atoms. The van der Waals surface area contributed by atoms with Gasteiger partial charge in [-0.05, 0) is 54.9 Å². The fourth-order valence-electron chi connectivity index (χ4n) is 2.92. The van der Waals surface area contributed by atoms with Crippen LogP contribution in [0.5, 0.6) is 5.75 Å². The summed E-state index contributed by atoms with van der Waals surface area (Å²) >= 11 is 0. The zero-order valence-corrected chi connectivity index (χ0v) is 13.7. The molecule has 0 saturated heterocycles. The smallest absolute Gasteiger partial charge is 0.387 e. The van der Waals surface area contributed by atoms with Gasteiger partial charge in [-0.2, -0.15) is 8.78 Å². The van der Waals surface area contributed by atoms with Gasteiger partial charge < -0.3 is 20.5 Å². The quantitative estimate of drug-likeness (QED) is 0.713. The van der Waals surface area contributed by atoms with Gasteiger partial charge in [0.15, 0.2) is 0 Å². The molecule has 1 aliphatic rings. The topological polar surface area (TPSA) is 70.6 Å². The van der Waals surface area contributed by atoms with Crippen molar-refractivity contribution in [2.45, 2.75) is 45.3 Å². The van der Waals surface area contributed by atoms with Gasteiger partial charge in [-0.15, -0.1) is 0 Å². The first-order chi connectivity index (χ1) is 11.5. The number of halogens is 2. The predicted molar refractivity (Wildman–Crippen MR) is 86.2 cm³/mol. The summed E-state index contributed by atoms with van der Waals surface area (Å²) in [5.41, 5.74) is 1.87. The molecule has 0 heterocycles. The van der Waals surface area contributed by atoms with Crippen molar-refractivity contribution >= 4 is 6.03 Å². The Bertz CT molecular complexity index is 555. The molecule has 2 rings (SSSR count). The minimum atomic E-state index is -2.84. The Kier molecular flexibility index (Phi) is 6.78. The number of hydrogen-bond donors (Lipinski definition) is 3. The van der Waals surface area contributed by atoms with Crippen LogP contribution in [-0.4, -0.2) is 30.9 Å². The van der Waals surface area contributed by atoms with Crippen molar-refractivity contribution in [3.05, 3.63) is 29.3 Å². The Morgan fingerprint density at radius 1 is 1.46 bits per heavy atom. The molecular formula is C17H24F2N2O3. The highest BCUT2D eigenvalue weighted by Gasteiger charge is 2.22. The fourth-order valence-corrected chi connectivity index (χ4v) is 2.92. The molecule has 1 aromatic carbocycles. The summed E-state index contributed by atoms with van der Waals surface area (Å²) in [5.74, 6) is 0.347. The maximum Gasteiger partial charge on any atom is 0.387 e. The van der Waals surface area contributed by atoms with E-state index in [0.29, 0.717) is 13.0 Å². The molecule has 2 unspecified atom stereocenters. The van der Waals surface area contributed by atoms with Gasteiger partial charge in [0, 0.05) is 13.2 Å². The first-order valence-corrected chi connectivity index (χ1v) is 8.22. The number of nitrogens with one attached hydrogen (secondary N) is 2. The van der Waals surface area contributed by atoms with Gasteiger partial charge in [0.25, 0.3) is 0 Å². The summed E-state index contributed by atoms with van der Waals surface area (Å²) < 4.78 is 29.0. The summed E-state index contributed by atoms with van der Waals surface area (Å²) in [5, 5.41) is 14.6. The van der Waals surface area contributed by atoms with Gasteiger partial charge in [0.05, 0.1) is 6.04 Å². The molecule has 1 aromatic rings. The summed E-state index contributed by atoms with van der Waals surface area (Å²) in [6.45, 7) is -0.291. The maximum atomic E-state index is 12.3. The van der Waals surface area contributed by atoms with Crippen LogP contribution in [0.1, 0.15) is 43.4 Å². The standard InChI is InChI=1S/C17H24F2N2O3/c1-11(7-8-22)10-20-17(23)21-15-4-2-3-12-9-13(24-16(18)19)5-6-14(12)15/h5-6,9,11,15-16,22H,2-4,7-8,10H2,1H3,(H2,20,21,23). The lowest BCUT2D eigenvalue weighted by atomic mass is 9.87. The minimum absolute atomic E-state index is 0.101. The van der Waals surface area contributed by atoms with Crippen LogP contribution in [0.2, 0.25) is 0 Å². The number of aryl methyl sites for hydroxylation is 1. The zero-order valence-electron chi connectivity index (χ0n) is 13.7. The summed E-state index contributed by atoms with van der Waals surface area (Å²) in [6.07, 6.45) is 3.10. The molecule has 24 heavy (non-hydrogen) atoms. The molecule has 2 atom stereocenters. The van der Waals surface area contributed by atoms with Crippen LogP contribution >= 0.6 is 0 Å². The molecule has 0 fully saturated rings. The number of aliphatic hydroxyl groups is 1. The normalized spacial score (nSPS) is 18.0. The zero-order chi connectivity index (χ0) is 17.5. The first kappa shape index (κ1) is 18.4. The van der Waals surface area contributed by atoms with Crippen molar-refractivity contribution in [1.29, 1.82) is 0 Å². The van der Waals surface area contributed by atoms with Crippen molar-refractivity contribution in [3.63, 3.8) is 0 Å². The summed E-state index contributed by atoms with van der Waals surface area (Å²) in [7, 11) is 0. The van der Waals surface area contributed by atoms with E-state index in [1.54, 1.807) is 12.1 Å². The molecule has 0 aliphatic heterocycles. The molecule has 0 aromatic heterocycles. The number of aliphatic hydroxyl groups excluding tert-OH is 1. The Morgan fingerprint density at radius 2 is 2.25 bits per heavy atom. The molecule has 2 amide bonds. The number of benzene rings is 1. The number of fused-ring (bicyclic) bond motifs is 1. The van der Waals surface area contributed by atoms with Crippen LogP contribution < -0.4 is 15.4 Å². The Hall–Kier alpha value is -1.89. The number of urea groups is 1. The largest absolute Gasteiger partial charge is 0.435 e. The minimum Gasteiger partial charge on any atom is -0.435 e. The van der Waals surface area contributed by atoms with E-state index < -0.39 is 6.61 Å². The van der Waals surface area contributed by atoms with Gasteiger partial charge in [0.1, 0.15) is 5.75 Å². The van der Waals surface area contributed by atoms with Gasteiger partial charge in [-0.3, -0.25) is 0 Å². The maximum absolute atomic E-state index is 12.3. The Labute approximate surface area is 140 Å². The average Bonchev–Trinajstić information content (AvgIpc) is 2.53. The van der Waals surface area contributed by atoms with E-state index in [9.17, 15) is 13.6 Å². The van der Waals surface area contributed by atoms with Gasteiger partial charge in [-0.1, -0.05) is 13.0 Å². The molecule has 5 nitrogen and oxygen atoms in total. The molecular weight excluding hydrogens is 318 g/mol. The highest BCUT2D eigenvalue weighted by molar-refractivity contribution is 5.74. The van der Waals surface area contributed by atoms with Crippen molar-refractivity contribution in [2.24, 2.45) is 5.92 Å². The van der Waals surface area contributed by atoms with Crippen molar-refractivity contribution in [2.75, 3.05) is 13.2 Å². The molecule has 0 saturated carbocycles. The first-order valence-electron chi connectivity index (χ1n) is 8.22. The van der Waals surface area contributed by atoms with E-state index in [-0.39, 0.29) is 30.3 Å². The second-order valence-electron chi connectivity index (χ2n) is 6.16. The molecule has 0 radical (unpaired) electrons. The van der Waals surface area contributed by atoms with Crippen molar-refractivity contribution in [1.82, 2.24) is 10.6 Å². The van der Waals surface area contributed by atoms with Crippen LogP contribution in [0.15, 0.2) is 18.2 Å². The number of alkyl halides is 2. The van der Waals surface area contributed by atoms with Crippen LogP contribution in [0.25, 0.3) is 0 Å². The Balaban J connectivity index is 1.95. The third-order valence-electron chi connectivity index (χ3n) is 4.19. The van der Waals surface area contributed by atoms with E-state index in [2.05, 4.69) is 15.4 Å². The molecule has 0 spiro atoms. The fraction of sp³-hybridized carbons (Fsp3) is 0.588. The summed E-state index contributed by atoms with van der Waals surface area (Å²) in [6, 6.07) is 4.47. The van der Waals surface area contributed by atoms with E-state index in [1.807, 2.05) is 6.92 Å². The van der Waals surface area contributed by atoms with Gasteiger partial charge >= 0.3 is 12.6 Å². The number of ether oxygens (including phenoxy) is 1. The molecule has 134 valence electrons. The highest BCUT2D eigenvalue weighted by atomic mass is 19.3. The lowest BCUT2D eigenvalue weighted by molar-refractivity contribution is -0.0499. The van der Waals surface area contributed by atoms with Crippen LogP contribution in [0, 0.1) is 5.92 Å². The molecule has 7 heteroatoms. The molecule has 1 aliphatic carbocycles. The second kappa shape index (κ2) is 8.82. The summed E-state index contributed by atoms with van der Waals surface area (Å²) in [4.78, 5) is 12.0. The van der Waals surface area contributed by atoms with E-state index in [4.69, 9.17) is 5.11 Å². The van der Waals surface area contributed by atoms with Crippen LogP contribution in [0.3, 0.4) is 0 Å². The number of amides is 2. The van der Waals surface area contributed by atoms with E-state index in [1.165, 1.54) is 6.07 Å². The second-order valence-corrected chi connectivity index (χ2v) is 6.16. The Morgan fingerprint density at radius 3 is 2.96 bits per heavy atom. The third-order valence-corrected chi connectivity index (χ3v) is 4.19. The predicted octanol–water partition coefficient (Wildman–Crippen LogP) is 2.98. The van der Waals surface area contributed by atoms with Crippen LogP contribution in [0.4, 0.5) is 13.6 Å². The van der Waals surface area contributed by atoms with Gasteiger partial charge in [0.2, 0.25) is 0 Å². The lowest BCUT2D eigenvalue weighted by Gasteiger charge is -2.27. The third kappa shape index (κ3) is 5.33. The SMILES string of the molecule is CC(CCO)CNC(=O)NC1CCCc2cc(OC(F)F)ccc21. The van der Waals surface area contributed by atoms with Crippen LogP contribution in [-0.2, 0) is 6.42 Å². The van der Waals surface area contributed by atoms with E-state index >= 15 is 0 Å². The van der Waals surface area contributed by atoms with Crippen molar-refractivity contribution in [3.8, 4) is 5.75 Å². The number of rotatable bonds is 7. The monoisotopic (exact) mass is 342 g/mol. The van der Waals surface area contributed by atoms with E-state index in [0.717, 1.165) is 30.4 Å². The highest BCUT2D eigenvalue weighted by Crippen LogP contribution is 2.32. The lowest BCUT2D eigenvalue weighted by Crippen LogP contribution is -2.40. The number of carbonyl (C=O) groups excluding carboxylic acids is 1.